The van der Waals surface area contributed by atoms with Gasteiger partial charge in [0.2, 0.25) is 0 Å². The Kier molecular flexibility index (Phi) is 5.69. The minimum atomic E-state index is 0.560. The van der Waals surface area contributed by atoms with Gasteiger partial charge in [-0.1, -0.05) is 38.8 Å². The number of hydrogen-bond acceptors (Lipinski definition) is 3. The summed E-state index contributed by atoms with van der Waals surface area (Å²) in [6.45, 7) is 11.9. The number of nitrogens with one attached hydrogen (secondary N) is 1. The minimum absolute atomic E-state index is 0.560. The Hall–Kier alpha value is -0.580. The summed E-state index contributed by atoms with van der Waals surface area (Å²) in [6, 6.07) is 1.16. The van der Waals surface area contributed by atoms with Gasteiger partial charge in [-0.25, -0.2) is 0 Å². The van der Waals surface area contributed by atoms with E-state index in [1.165, 1.54) is 12.8 Å². The second-order valence-electron chi connectivity index (χ2n) is 6.60. The van der Waals surface area contributed by atoms with Crippen molar-refractivity contribution in [2.75, 3.05) is 13.1 Å². The van der Waals surface area contributed by atoms with Gasteiger partial charge in [0.05, 0.1) is 16.4 Å². The zero-order valence-corrected chi connectivity index (χ0v) is 14.7. The largest absolute Gasteiger partial charge is 0.311 e. The van der Waals surface area contributed by atoms with Gasteiger partial charge in [-0.15, -0.1) is 0 Å². The Bertz CT molecular complexity index is 469. The van der Waals surface area contributed by atoms with E-state index in [9.17, 15) is 0 Å². The standard InChI is InChI=1S/C16H29ClN4/c1-6-7-13-9-21(14(8-18-13)11(2)3)10-15-16(17)12(4)19-20(15)5/h11,13-14,18H,6-10H2,1-5H3. The summed E-state index contributed by atoms with van der Waals surface area (Å²) < 4.78 is 1.94. The second kappa shape index (κ2) is 7.12. The number of aromatic nitrogens is 2. The van der Waals surface area contributed by atoms with Gasteiger partial charge in [0, 0.05) is 38.8 Å². The van der Waals surface area contributed by atoms with Crippen LogP contribution in [0.1, 0.15) is 45.0 Å². The molecule has 1 aliphatic heterocycles. The highest BCUT2D eigenvalue weighted by Gasteiger charge is 2.30. The quantitative estimate of drug-likeness (QED) is 0.907. The summed E-state index contributed by atoms with van der Waals surface area (Å²) in [5.41, 5.74) is 2.06. The van der Waals surface area contributed by atoms with Crippen molar-refractivity contribution in [3.63, 3.8) is 0 Å². The van der Waals surface area contributed by atoms with Crippen molar-refractivity contribution in [3.8, 4) is 0 Å². The molecule has 0 aliphatic carbocycles. The van der Waals surface area contributed by atoms with Gasteiger partial charge in [0.15, 0.2) is 0 Å². The zero-order chi connectivity index (χ0) is 15.6. The van der Waals surface area contributed by atoms with Crippen molar-refractivity contribution in [2.24, 2.45) is 13.0 Å². The first-order valence-corrected chi connectivity index (χ1v) is 8.47. The molecule has 120 valence electrons. The topological polar surface area (TPSA) is 33.1 Å². The summed E-state index contributed by atoms with van der Waals surface area (Å²) in [5, 5.41) is 8.97. The Morgan fingerprint density at radius 2 is 2.14 bits per heavy atom. The van der Waals surface area contributed by atoms with E-state index >= 15 is 0 Å². The van der Waals surface area contributed by atoms with Gasteiger partial charge in [-0.2, -0.15) is 5.10 Å². The van der Waals surface area contributed by atoms with Crippen LogP contribution in [0.25, 0.3) is 0 Å². The molecule has 0 bridgehead atoms. The number of hydrogen-bond donors (Lipinski definition) is 1. The van der Waals surface area contributed by atoms with Crippen molar-refractivity contribution in [2.45, 2.75) is 59.2 Å². The molecule has 2 unspecified atom stereocenters. The fraction of sp³-hybridized carbons (Fsp3) is 0.812. The molecule has 0 amide bonds. The van der Waals surface area contributed by atoms with E-state index in [4.69, 9.17) is 11.6 Å². The molecule has 21 heavy (non-hydrogen) atoms. The lowest BCUT2D eigenvalue weighted by Crippen LogP contribution is -2.57. The predicted molar refractivity (Wildman–Crippen MR) is 88.7 cm³/mol. The van der Waals surface area contributed by atoms with E-state index in [2.05, 4.69) is 36.1 Å². The molecule has 0 radical (unpaired) electrons. The molecule has 1 fully saturated rings. The molecule has 1 aromatic heterocycles. The van der Waals surface area contributed by atoms with Crippen LogP contribution in [0.4, 0.5) is 0 Å². The normalized spacial score (nSPS) is 24.0. The van der Waals surface area contributed by atoms with Gasteiger partial charge in [0.1, 0.15) is 0 Å². The molecule has 2 rings (SSSR count). The Morgan fingerprint density at radius 3 is 2.67 bits per heavy atom. The van der Waals surface area contributed by atoms with Gasteiger partial charge in [0.25, 0.3) is 0 Å². The molecule has 0 saturated carbocycles. The van der Waals surface area contributed by atoms with Crippen LogP contribution >= 0.6 is 11.6 Å². The van der Waals surface area contributed by atoms with Crippen molar-refractivity contribution >= 4 is 11.6 Å². The fourth-order valence-electron chi connectivity index (χ4n) is 3.32. The van der Waals surface area contributed by atoms with E-state index in [0.29, 0.717) is 18.0 Å². The molecule has 1 aromatic rings. The van der Waals surface area contributed by atoms with Crippen LogP contribution in [0.5, 0.6) is 0 Å². The number of nitrogens with zero attached hydrogens (tertiary/aromatic N) is 3. The van der Waals surface area contributed by atoms with E-state index < -0.39 is 0 Å². The van der Waals surface area contributed by atoms with Gasteiger partial charge in [-0.3, -0.25) is 9.58 Å². The van der Waals surface area contributed by atoms with Crippen molar-refractivity contribution < 1.29 is 0 Å². The van der Waals surface area contributed by atoms with Gasteiger partial charge in [-0.05, 0) is 19.3 Å². The predicted octanol–water partition coefficient (Wildman–Crippen LogP) is 2.98. The molecule has 2 heterocycles. The van der Waals surface area contributed by atoms with Crippen LogP contribution in [-0.2, 0) is 13.6 Å². The molecule has 0 aromatic carbocycles. The Morgan fingerprint density at radius 1 is 1.43 bits per heavy atom. The van der Waals surface area contributed by atoms with Crippen LogP contribution in [0.2, 0.25) is 5.02 Å². The molecular formula is C16H29ClN4. The molecule has 4 nitrogen and oxygen atoms in total. The van der Waals surface area contributed by atoms with Crippen LogP contribution < -0.4 is 5.32 Å². The second-order valence-corrected chi connectivity index (χ2v) is 6.98. The molecule has 1 N–H and O–H groups in total. The molecular weight excluding hydrogens is 284 g/mol. The summed E-state index contributed by atoms with van der Waals surface area (Å²) in [6.07, 6.45) is 2.46. The summed E-state index contributed by atoms with van der Waals surface area (Å²) >= 11 is 6.43. The molecule has 0 spiro atoms. The van der Waals surface area contributed by atoms with Crippen molar-refractivity contribution in [1.82, 2.24) is 20.0 Å². The molecule has 2 atom stereocenters. The van der Waals surface area contributed by atoms with Crippen molar-refractivity contribution in [1.29, 1.82) is 0 Å². The summed E-state index contributed by atoms with van der Waals surface area (Å²) in [4.78, 5) is 2.59. The first kappa shape index (κ1) is 16.8. The lowest BCUT2D eigenvalue weighted by molar-refractivity contribution is 0.0861. The number of halogens is 1. The number of rotatable bonds is 5. The van der Waals surface area contributed by atoms with Gasteiger partial charge < -0.3 is 5.32 Å². The van der Waals surface area contributed by atoms with E-state index in [0.717, 1.165) is 36.0 Å². The van der Waals surface area contributed by atoms with Crippen molar-refractivity contribution in [3.05, 3.63) is 16.4 Å². The Labute approximate surface area is 133 Å². The number of piperazine rings is 1. The SMILES string of the molecule is CCCC1CN(Cc2c(Cl)c(C)nn2C)C(C(C)C)CN1. The van der Waals surface area contributed by atoms with Crippen LogP contribution in [0.15, 0.2) is 0 Å². The average Bonchev–Trinajstić information content (AvgIpc) is 2.66. The highest BCUT2D eigenvalue weighted by atomic mass is 35.5. The highest BCUT2D eigenvalue weighted by molar-refractivity contribution is 6.31. The van der Waals surface area contributed by atoms with Crippen LogP contribution in [0, 0.1) is 12.8 Å². The molecule has 1 saturated heterocycles. The maximum absolute atomic E-state index is 6.43. The first-order chi connectivity index (χ1) is 9.93. The summed E-state index contributed by atoms with van der Waals surface area (Å²) in [7, 11) is 1.99. The van der Waals surface area contributed by atoms with E-state index in [1.807, 2.05) is 18.7 Å². The minimum Gasteiger partial charge on any atom is -0.311 e. The summed E-state index contributed by atoms with van der Waals surface area (Å²) in [5.74, 6) is 0.633. The smallest absolute Gasteiger partial charge is 0.0860 e. The third kappa shape index (κ3) is 3.79. The monoisotopic (exact) mass is 312 g/mol. The third-order valence-corrected chi connectivity index (χ3v) is 5.05. The third-order valence-electron chi connectivity index (χ3n) is 4.56. The maximum Gasteiger partial charge on any atom is 0.0860 e. The molecule has 1 aliphatic rings. The van der Waals surface area contributed by atoms with E-state index in [1.54, 1.807) is 0 Å². The van der Waals surface area contributed by atoms with Gasteiger partial charge >= 0.3 is 0 Å². The molecule has 5 heteroatoms. The van der Waals surface area contributed by atoms with Crippen LogP contribution in [-0.4, -0.2) is 39.9 Å². The zero-order valence-electron chi connectivity index (χ0n) is 14.0. The lowest BCUT2D eigenvalue weighted by atomic mass is 9.97. The number of aryl methyl sites for hydroxylation is 2. The van der Waals surface area contributed by atoms with E-state index in [-0.39, 0.29) is 0 Å². The Balaban J connectivity index is 2.15. The maximum atomic E-state index is 6.43. The first-order valence-electron chi connectivity index (χ1n) is 8.09. The van der Waals surface area contributed by atoms with Crippen LogP contribution in [0.3, 0.4) is 0 Å². The average molecular weight is 313 g/mol. The highest BCUT2D eigenvalue weighted by Crippen LogP contribution is 2.25. The lowest BCUT2D eigenvalue weighted by Gasteiger charge is -2.42. The fourth-order valence-corrected chi connectivity index (χ4v) is 3.54.